The van der Waals surface area contributed by atoms with Crippen LogP contribution in [0.4, 0.5) is 0 Å². The minimum absolute atomic E-state index is 0.153. The Balaban J connectivity index is 1.76. The summed E-state index contributed by atoms with van der Waals surface area (Å²) < 4.78 is 11.4. The minimum Gasteiger partial charge on any atom is -0.480 e. The first-order chi connectivity index (χ1) is 10.2. The average molecular weight is 305 g/mol. The first-order valence-electron chi connectivity index (χ1n) is 7.08. The lowest BCUT2D eigenvalue weighted by Gasteiger charge is -2.23. The van der Waals surface area contributed by atoms with Crippen molar-refractivity contribution in [3.05, 3.63) is 36.0 Å². The summed E-state index contributed by atoms with van der Waals surface area (Å²) in [5.74, 6) is 3.13. The van der Waals surface area contributed by atoms with Gasteiger partial charge in [0.25, 0.3) is 0 Å². The van der Waals surface area contributed by atoms with E-state index in [9.17, 15) is 0 Å². The van der Waals surface area contributed by atoms with Crippen LogP contribution in [0.5, 0.6) is 5.75 Å². The molecule has 6 heteroatoms. The van der Waals surface area contributed by atoms with Gasteiger partial charge in [0.05, 0.1) is 5.92 Å². The molecular weight excluding hydrogens is 286 g/mol. The number of fused-ring (bicyclic) bond motifs is 1. The molecule has 21 heavy (non-hydrogen) atoms. The van der Waals surface area contributed by atoms with Crippen molar-refractivity contribution < 1.29 is 9.26 Å². The highest BCUT2D eigenvalue weighted by Gasteiger charge is 2.28. The second-order valence-electron chi connectivity index (χ2n) is 5.22. The molecule has 0 bridgehead atoms. The number of rotatable bonds is 4. The van der Waals surface area contributed by atoms with Gasteiger partial charge in [0.2, 0.25) is 11.7 Å². The summed E-state index contributed by atoms with van der Waals surface area (Å²) in [6.07, 6.45) is -0.153. The molecule has 0 radical (unpaired) electrons. The highest BCUT2D eigenvalue weighted by Crippen LogP contribution is 2.39. The van der Waals surface area contributed by atoms with Crippen LogP contribution in [0.15, 0.2) is 33.7 Å². The van der Waals surface area contributed by atoms with Gasteiger partial charge in [-0.1, -0.05) is 24.2 Å². The molecule has 0 amide bonds. The van der Waals surface area contributed by atoms with Gasteiger partial charge in [0.15, 0.2) is 6.10 Å². The first-order valence-corrected chi connectivity index (χ1v) is 8.07. The second-order valence-corrected chi connectivity index (χ2v) is 6.28. The van der Waals surface area contributed by atoms with E-state index in [1.54, 1.807) is 11.8 Å². The Labute approximate surface area is 128 Å². The molecule has 5 nitrogen and oxygen atoms in total. The van der Waals surface area contributed by atoms with Gasteiger partial charge in [-0.2, -0.15) is 4.98 Å². The lowest BCUT2D eigenvalue weighted by molar-refractivity contribution is 0.204. The number of aromatic nitrogens is 2. The molecule has 0 saturated carbocycles. The molecule has 1 aromatic heterocycles. The molecule has 1 N–H and O–H groups in total. The molecule has 3 rings (SSSR count). The van der Waals surface area contributed by atoms with Crippen LogP contribution >= 0.6 is 11.8 Å². The lowest BCUT2D eigenvalue weighted by atomic mass is 10.0. The molecule has 2 aromatic rings. The van der Waals surface area contributed by atoms with E-state index in [1.165, 1.54) is 0 Å². The Kier molecular flexibility index (Phi) is 4.17. The summed E-state index contributed by atoms with van der Waals surface area (Å²) in [4.78, 5) is 5.68. The Hall–Kier alpha value is -1.53. The van der Waals surface area contributed by atoms with Crippen LogP contribution in [0.2, 0.25) is 0 Å². The Morgan fingerprint density at radius 1 is 1.33 bits per heavy atom. The average Bonchev–Trinajstić information content (AvgIpc) is 3.02. The number of likely N-dealkylation sites (N-methyl/N-ethyl adjacent to an activating group) is 1. The van der Waals surface area contributed by atoms with Crippen molar-refractivity contribution in [1.29, 1.82) is 0 Å². The molecule has 0 fully saturated rings. The fourth-order valence-corrected chi connectivity index (χ4v) is 3.15. The van der Waals surface area contributed by atoms with Crippen molar-refractivity contribution >= 4 is 11.8 Å². The predicted molar refractivity (Wildman–Crippen MR) is 81.8 cm³/mol. The van der Waals surface area contributed by atoms with Crippen molar-refractivity contribution in [2.45, 2.75) is 36.8 Å². The number of hydrogen-bond acceptors (Lipinski definition) is 6. The number of para-hydroxylation sites is 1. The number of nitrogens with zero attached hydrogens (tertiary/aromatic N) is 2. The van der Waals surface area contributed by atoms with Crippen molar-refractivity contribution in [2.75, 3.05) is 12.8 Å². The van der Waals surface area contributed by atoms with E-state index < -0.39 is 0 Å². The number of benzene rings is 1. The van der Waals surface area contributed by atoms with Crippen LogP contribution in [0.3, 0.4) is 0 Å². The zero-order valence-electron chi connectivity index (χ0n) is 12.4. The van der Waals surface area contributed by atoms with Crippen LogP contribution in [0.1, 0.15) is 37.6 Å². The number of ether oxygens (including phenoxy) is 1. The van der Waals surface area contributed by atoms with Gasteiger partial charge >= 0.3 is 0 Å². The molecule has 0 aliphatic carbocycles. The van der Waals surface area contributed by atoms with Crippen LogP contribution in [0.25, 0.3) is 0 Å². The summed E-state index contributed by atoms with van der Waals surface area (Å²) in [6.45, 7) is 4.17. The van der Waals surface area contributed by atoms with Gasteiger partial charge < -0.3 is 14.6 Å². The molecule has 2 heterocycles. The highest BCUT2D eigenvalue weighted by molar-refractivity contribution is 7.99. The third-order valence-electron chi connectivity index (χ3n) is 3.85. The third-order valence-corrected chi connectivity index (χ3v) is 4.97. The molecule has 1 aromatic carbocycles. The maximum atomic E-state index is 5.98. The zero-order valence-corrected chi connectivity index (χ0v) is 13.2. The summed E-state index contributed by atoms with van der Waals surface area (Å²) in [6, 6.07) is 8.30. The van der Waals surface area contributed by atoms with Gasteiger partial charge in [-0.05, 0) is 26.1 Å². The fourth-order valence-electron chi connectivity index (χ4n) is 2.17. The van der Waals surface area contributed by atoms with Crippen LogP contribution in [-0.2, 0) is 0 Å². The van der Waals surface area contributed by atoms with Crippen LogP contribution < -0.4 is 10.1 Å². The molecule has 1 aliphatic heterocycles. The molecule has 3 atom stereocenters. The molecular formula is C15H19N3O2S. The Morgan fingerprint density at radius 2 is 2.14 bits per heavy atom. The van der Waals surface area contributed by atoms with Gasteiger partial charge in [-0.3, -0.25) is 0 Å². The Bertz CT molecular complexity index is 616. The van der Waals surface area contributed by atoms with Crippen molar-refractivity contribution in [1.82, 2.24) is 15.5 Å². The number of nitrogens with one attached hydrogen (secondary N) is 1. The fraction of sp³-hybridized carbons (Fsp3) is 0.467. The van der Waals surface area contributed by atoms with Crippen LogP contribution in [-0.4, -0.2) is 29.0 Å². The summed E-state index contributed by atoms with van der Waals surface area (Å²) >= 11 is 1.76. The van der Waals surface area contributed by atoms with E-state index in [1.807, 2.05) is 25.2 Å². The van der Waals surface area contributed by atoms with Gasteiger partial charge in [0.1, 0.15) is 5.75 Å². The molecule has 0 spiro atoms. The molecule has 3 unspecified atom stereocenters. The largest absolute Gasteiger partial charge is 0.480 e. The molecule has 0 saturated heterocycles. The minimum atomic E-state index is -0.153. The van der Waals surface area contributed by atoms with Crippen LogP contribution in [0, 0.1) is 0 Å². The maximum absolute atomic E-state index is 5.98. The SMILES string of the molecule is CNC(C)C(C)c1nc(C2CSc3ccccc3O2)no1. The van der Waals surface area contributed by atoms with E-state index in [0.29, 0.717) is 11.7 Å². The number of hydrogen-bond donors (Lipinski definition) is 1. The van der Waals surface area contributed by atoms with E-state index in [-0.39, 0.29) is 18.1 Å². The van der Waals surface area contributed by atoms with E-state index in [0.717, 1.165) is 16.4 Å². The van der Waals surface area contributed by atoms with Crippen molar-refractivity contribution in [2.24, 2.45) is 0 Å². The summed E-state index contributed by atoms with van der Waals surface area (Å²) in [7, 11) is 1.93. The standard InChI is InChI=1S/C15H19N3O2S/c1-9(10(2)16-3)15-17-14(18-20-15)12-8-21-13-7-5-4-6-11(13)19-12/h4-7,9-10,12,16H,8H2,1-3H3. The quantitative estimate of drug-likeness (QED) is 0.937. The van der Waals surface area contributed by atoms with Crippen molar-refractivity contribution in [3.8, 4) is 5.75 Å². The van der Waals surface area contributed by atoms with Crippen molar-refractivity contribution in [3.63, 3.8) is 0 Å². The lowest BCUT2D eigenvalue weighted by Crippen LogP contribution is -2.27. The topological polar surface area (TPSA) is 60.2 Å². The normalized spacial score (nSPS) is 20.4. The monoisotopic (exact) mass is 305 g/mol. The smallest absolute Gasteiger partial charge is 0.231 e. The van der Waals surface area contributed by atoms with E-state index in [2.05, 4.69) is 35.4 Å². The van der Waals surface area contributed by atoms with E-state index >= 15 is 0 Å². The number of thioether (sulfide) groups is 1. The third kappa shape index (κ3) is 2.91. The summed E-state index contributed by atoms with van der Waals surface area (Å²) in [5.41, 5.74) is 0. The maximum Gasteiger partial charge on any atom is 0.231 e. The van der Waals surface area contributed by atoms with Gasteiger partial charge in [-0.15, -0.1) is 11.8 Å². The zero-order chi connectivity index (χ0) is 14.8. The van der Waals surface area contributed by atoms with Gasteiger partial charge in [0, 0.05) is 16.7 Å². The molecule has 1 aliphatic rings. The second kappa shape index (κ2) is 6.07. The predicted octanol–water partition coefficient (Wildman–Crippen LogP) is 3.01. The summed E-state index contributed by atoms with van der Waals surface area (Å²) in [5, 5.41) is 7.30. The van der Waals surface area contributed by atoms with Gasteiger partial charge in [-0.25, -0.2) is 0 Å². The highest BCUT2D eigenvalue weighted by atomic mass is 32.2. The molecule has 112 valence electrons. The Morgan fingerprint density at radius 3 is 2.95 bits per heavy atom. The van der Waals surface area contributed by atoms with E-state index in [4.69, 9.17) is 9.26 Å². The first kappa shape index (κ1) is 14.4.